The van der Waals surface area contributed by atoms with E-state index in [1.54, 1.807) is 6.21 Å². The molecule has 4 aliphatic carbocycles. The lowest BCUT2D eigenvalue weighted by Crippen LogP contribution is -2.48. The molecule has 0 aliphatic heterocycles. The van der Waals surface area contributed by atoms with Crippen molar-refractivity contribution in [3.05, 3.63) is 65.5 Å². The summed E-state index contributed by atoms with van der Waals surface area (Å²) < 4.78 is 0. The number of hydrogen-bond donors (Lipinski definition) is 2. The van der Waals surface area contributed by atoms with Gasteiger partial charge in [-0.3, -0.25) is 9.89 Å². The van der Waals surface area contributed by atoms with Crippen molar-refractivity contribution in [2.75, 3.05) is 0 Å². The maximum Gasteiger partial charge on any atom is 0.291 e. The van der Waals surface area contributed by atoms with Crippen LogP contribution in [0.15, 0.2) is 53.6 Å². The average Bonchev–Trinajstić information content (AvgIpc) is 3.24. The largest absolute Gasteiger partial charge is 0.291 e. The Hall–Kier alpha value is -2.95. The Bertz CT molecular complexity index is 1100. The second-order valence-electron chi connectivity index (χ2n) is 9.63. The second kappa shape index (κ2) is 6.79. The fraction of sp³-hybridized carbons (Fsp3) is 0.400. The van der Waals surface area contributed by atoms with Gasteiger partial charge in [-0.2, -0.15) is 10.2 Å². The summed E-state index contributed by atoms with van der Waals surface area (Å²) in [6.07, 6.45) is 9.67. The molecule has 0 radical (unpaired) electrons. The topological polar surface area (TPSA) is 70.1 Å². The van der Waals surface area contributed by atoms with Crippen LogP contribution in [0.3, 0.4) is 0 Å². The van der Waals surface area contributed by atoms with E-state index in [4.69, 9.17) is 0 Å². The van der Waals surface area contributed by atoms with E-state index in [1.165, 1.54) is 38.5 Å². The van der Waals surface area contributed by atoms with E-state index in [9.17, 15) is 4.79 Å². The molecule has 3 aromatic rings. The predicted molar refractivity (Wildman–Crippen MR) is 117 cm³/mol. The molecule has 1 aromatic heterocycles. The van der Waals surface area contributed by atoms with E-state index in [2.05, 4.69) is 38.9 Å². The van der Waals surface area contributed by atoms with Gasteiger partial charge in [0.2, 0.25) is 0 Å². The highest BCUT2D eigenvalue weighted by Crippen LogP contribution is 2.60. The maximum absolute atomic E-state index is 12.6. The number of carbonyl (C=O) groups is 1. The number of benzene rings is 2. The summed E-state index contributed by atoms with van der Waals surface area (Å²) in [5.41, 5.74) is 5.42. The number of hydrazone groups is 1. The van der Waals surface area contributed by atoms with Crippen molar-refractivity contribution in [1.29, 1.82) is 0 Å². The van der Waals surface area contributed by atoms with Crippen LogP contribution in [0.4, 0.5) is 0 Å². The van der Waals surface area contributed by atoms with Crippen molar-refractivity contribution in [3.63, 3.8) is 0 Å². The molecular formula is C25H26N4O. The van der Waals surface area contributed by atoms with Crippen LogP contribution in [0, 0.1) is 17.8 Å². The zero-order valence-corrected chi connectivity index (χ0v) is 17.0. The number of hydrogen-bond acceptors (Lipinski definition) is 3. The number of carbonyl (C=O) groups excluding carboxylic acids is 1. The van der Waals surface area contributed by atoms with E-state index >= 15 is 0 Å². The predicted octanol–water partition coefficient (Wildman–Crippen LogP) is 4.79. The Morgan fingerprint density at radius 2 is 1.73 bits per heavy atom. The molecule has 0 atom stereocenters. The highest BCUT2D eigenvalue weighted by molar-refractivity contribution is 6.00. The van der Waals surface area contributed by atoms with Gasteiger partial charge >= 0.3 is 0 Å². The van der Waals surface area contributed by atoms with Gasteiger partial charge in [0.05, 0.1) is 6.21 Å². The highest BCUT2D eigenvalue weighted by atomic mass is 16.2. The Balaban J connectivity index is 1.18. The fourth-order valence-corrected chi connectivity index (χ4v) is 6.73. The molecule has 5 nitrogen and oxygen atoms in total. The first kappa shape index (κ1) is 17.9. The molecule has 2 N–H and O–H groups in total. The van der Waals surface area contributed by atoms with Crippen molar-refractivity contribution < 1.29 is 4.79 Å². The average molecular weight is 399 g/mol. The van der Waals surface area contributed by atoms with Crippen LogP contribution < -0.4 is 5.43 Å². The van der Waals surface area contributed by atoms with Gasteiger partial charge in [0.1, 0.15) is 0 Å². The molecule has 1 amide bonds. The SMILES string of the molecule is O=C(N/N=C\c1cccc2ccccc12)c1cc(C23CC4CC(CC(C4)C2)C3)[nH]n1. The molecule has 4 saturated carbocycles. The molecule has 4 bridgehead atoms. The molecular weight excluding hydrogens is 372 g/mol. The third kappa shape index (κ3) is 2.95. The van der Waals surface area contributed by atoms with Crippen LogP contribution in [0.5, 0.6) is 0 Å². The van der Waals surface area contributed by atoms with Crippen LogP contribution in [0.25, 0.3) is 10.8 Å². The molecule has 30 heavy (non-hydrogen) atoms. The molecule has 0 unspecified atom stereocenters. The number of nitrogens with one attached hydrogen (secondary N) is 2. The smallest absolute Gasteiger partial charge is 0.281 e. The molecule has 1 heterocycles. The third-order valence-electron chi connectivity index (χ3n) is 7.61. The van der Waals surface area contributed by atoms with Crippen LogP contribution in [-0.2, 0) is 5.41 Å². The van der Waals surface area contributed by atoms with Crippen molar-refractivity contribution >= 4 is 22.9 Å². The van der Waals surface area contributed by atoms with Gasteiger partial charge in [-0.05, 0) is 73.1 Å². The fourth-order valence-electron chi connectivity index (χ4n) is 6.73. The number of amides is 1. The number of fused-ring (bicyclic) bond motifs is 1. The monoisotopic (exact) mass is 398 g/mol. The summed E-state index contributed by atoms with van der Waals surface area (Å²) in [5.74, 6) is 2.32. The highest BCUT2D eigenvalue weighted by Gasteiger charge is 2.52. The van der Waals surface area contributed by atoms with Gasteiger partial charge in [0.25, 0.3) is 5.91 Å². The quantitative estimate of drug-likeness (QED) is 0.490. The van der Waals surface area contributed by atoms with Gasteiger partial charge in [-0.25, -0.2) is 5.43 Å². The van der Waals surface area contributed by atoms with Gasteiger partial charge < -0.3 is 0 Å². The van der Waals surface area contributed by atoms with Gasteiger partial charge in [0.15, 0.2) is 5.69 Å². The number of aromatic amines is 1. The standard InChI is InChI=1S/C25H26N4O/c30-24(29-26-15-20-6-3-5-19-4-1-2-7-21(19)20)22-11-23(28-27-22)25-12-16-8-17(13-25)10-18(9-16)14-25/h1-7,11,15-18H,8-10,12-14H2,(H,27,28)(H,29,30)/b26-15-. The van der Waals surface area contributed by atoms with E-state index in [-0.39, 0.29) is 11.3 Å². The minimum Gasteiger partial charge on any atom is -0.281 e. The second-order valence-corrected chi connectivity index (χ2v) is 9.63. The Kier molecular flexibility index (Phi) is 4.05. The first-order chi connectivity index (χ1) is 14.7. The molecule has 0 spiro atoms. The van der Waals surface area contributed by atoms with Crippen LogP contribution in [0.1, 0.15) is 60.3 Å². The van der Waals surface area contributed by atoms with Crippen LogP contribution in [-0.4, -0.2) is 22.3 Å². The molecule has 0 saturated heterocycles. The summed E-state index contributed by atoms with van der Waals surface area (Å²) in [6.45, 7) is 0. The first-order valence-electron chi connectivity index (χ1n) is 11.1. The lowest BCUT2D eigenvalue weighted by atomic mass is 9.49. The van der Waals surface area contributed by atoms with E-state index < -0.39 is 0 Å². The van der Waals surface area contributed by atoms with E-state index in [0.29, 0.717) is 5.69 Å². The van der Waals surface area contributed by atoms with Crippen molar-refractivity contribution in [2.24, 2.45) is 22.9 Å². The summed E-state index contributed by atoms with van der Waals surface area (Å²) in [5, 5.41) is 14.0. The lowest BCUT2D eigenvalue weighted by Gasteiger charge is -2.56. The Morgan fingerprint density at radius 3 is 2.50 bits per heavy atom. The summed E-state index contributed by atoms with van der Waals surface area (Å²) in [7, 11) is 0. The minimum atomic E-state index is -0.265. The number of rotatable bonds is 4. The Labute approximate surface area is 176 Å². The normalized spacial score (nSPS) is 29.7. The lowest BCUT2D eigenvalue weighted by molar-refractivity contribution is -0.00721. The van der Waals surface area contributed by atoms with Crippen molar-refractivity contribution in [2.45, 2.75) is 43.9 Å². The zero-order chi connectivity index (χ0) is 20.1. The van der Waals surface area contributed by atoms with Crippen molar-refractivity contribution in [3.8, 4) is 0 Å². The molecule has 7 rings (SSSR count). The molecule has 152 valence electrons. The molecule has 2 aromatic carbocycles. The van der Waals surface area contributed by atoms with E-state index in [1.807, 2.05) is 30.3 Å². The van der Waals surface area contributed by atoms with Crippen LogP contribution >= 0.6 is 0 Å². The first-order valence-corrected chi connectivity index (χ1v) is 11.1. The molecule has 4 aliphatic rings. The number of nitrogens with zero attached hydrogens (tertiary/aromatic N) is 2. The summed E-state index contributed by atoms with van der Waals surface area (Å²) in [6, 6.07) is 16.2. The number of H-pyrrole nitrogens is 1. The number of aromatic nitrogens is 2. The minimum absolute atomic E-state index is 0.215. The van der Waals surface area contributed by atoms with Crippen LogP contribution in [0.2, 0.25) is 0 Å². The summed E-state index contributed by atoms with van der Waals surface area (Å²) in [4.78, 5) is 12.6. The summed E-state index contributed by atoms with van der Waals surface area (Å²) >= 11 is 0. The van der Waals surface area contributed by atoms with Gasteiger partial charge in [-0.1, -0.05) is 42.5 Å². The van der Waals surface area contributed by atoms with E-state index in [0.717, 1.165) is 39.8 Å². The van der Waals surface area contributed by atoms with Crippen molar-refractivity contribution in [1.82, 2.24) is 15.6 Å². The molecule has 5 heteroatoms. The Morgan fingerprint density at radius 1 is 1.03 bits per heavy atom. The van der Waals surface area contributed by atoms with Gasteiger partial charge in [-0.15, -0.1) is 0 Å². The third-order valence-corrected chi connectivity index (χ3v) is 7.61. The van der Waals surface area contributed by atoms with Gasteiger partial charge in [0, 0.05) is 16.7 Å². The maximum atomic E-state index is 12.6. The zero-order valence-electron chi connectivity index (χ0n) is 17.0. The molecule has 4 fully saturated rings.